The molecule has 1 rings (SSSR count). The van der Waals surface area contributed by atoms with Crippen molar-refractivity contribution in [3.05, 3.63) is 35.9 Å². The fourth-order valence-corrected chi connectivity index (χ4v) is 2.88. The molecule has 82 valence electrons. The van der Waals surface area contributed by atoms with Gasteiger partial charge in [-0.1, -0.05) is 64.9 Å². The molecule has 0 N–H and O–H groups in total. The predicted octanol–water partition coefficient (Wildman–Crippen LogP) is 3.62. The van der Waals surface area contributed by atoms with Crippen molar-refractivity contribution < 1.29 is 4.79 Å². The van der Waals surface area contributed by atoms with E-state index in [1.807, 2.05) is 44.2 Å². The van der Waals surface area contributed by atoms with Crippen LogP contribution in [0.4, 0.5) is 0 Å². The van der Waals surface area contributed by atoms with Gasteiger partial charge in [-0.05, 0) is 18.2 Å². The topological polar surface area (TPSA) is 17.1 Å². The molecule has 0 fully saturated rings. The number of alkyl halides is 1. The maximum absolute atomic E-state index is 12.0. The van der Waals surface area contributed by atoms with E-state index >= 15 is 0 Å². The van der Waals surface area contributed by atoms with Crippen LogP contribution < -0.4 is 0 Å². The molecule has 0 aliphatic rings. The van der Waals surface area contributed by atoms with Crippen LogP contribution in [0.1, 0.15) is 19.4 Å². The first-order valence-electron chi connectivity index (χ1n) is 4.94. The van der Waals surface area contributed by atoms with Gasteiger partial charge >= 0.3 is 0 Å². The molecule has 0 saturated heterocycles. The third-order valence-electron chi connectivity index (χ3n) is 2.40. The van der Waals surface area contributed by atoms with Crippen molar-refractivity contribution in [3.63, 3.8) is 0 Å². The molecule has 0 aliphatic carbocycles. The van der Waals surface area contributed by atoms with Crippen LogP contribution >= 0.6 is 27.7 Å². The van der Waals surface area contributed by atoms with Gasteiger partial charge in [0, 0.05) is 5.33 Å². The van der Waals surface area contributed by atoms with E-state index in [0.717, 1.165) is 11.3 Å². The minimum atomic E-state index is -0.415. The summed E-state index contributed by atoms with van der Waals surface area (Å²) >= 11 is 4.83. The van der Waals surface area contributed by atoms with Crippen LogP contribution in [-0.2, 0) is 10.2 Å². The maximum atomic E-state index is 12.0. The molecular weight excluding hydrogens is 272 g/mol. The van der Waals surface area contributed by atoms with E-state index < -0.39 is 5.41 Å². The van der Waals surface area contributed by atoms with Gasteiger partial charge in [0.05, 0.1) is 5.41 Å². The quantitative estimate of drug-likeness (QED) is 0.787. The molecule has 1 nitrogen and oxygen atoms in total. The molecule has 0 aliphatic heterocycles. The van der Waals surface area contributed by atoms with Crippen LogP contribution in [-0.4, -0.2) is 16.2 Å². The Bertz CT molecular complexity index is 326. The van der Waals surface area contributed by atoms with Crippen molar-refractivity contribution in [1.29, 1.82) is 0 Å². The average molecular weight is 287 g/mol. The van der Waals surface area contributed by atoms with Crippen LogP contribution in [0, 0.1) is 0 Å². The highest BCUT2D eigenvalue weighted by Gasteiger charge is 2.33. The normalized spacial score (nSPS) is 14.6. The number of rotatable bonds is 4. The van der Waals surface area contributed by atoms with Crippen LogP contribution in [0.2, 0.25) is 0 Å². The number of thioether (sulfide) groups is 1. The third-order valence-corrected chi connectivity index (χ3v) is 4.53. The van der Waals surface area contributed by atoms with Crippen molar-refractivity contribution in [2.45, 2.75) is 19.3 Å². The van der Waals surface area contributed by atoms with E-state index in [2.05, 4.69) is 15.9 Å². The first kappa shape index (κ1) is 12.8. The summed E-state index contributed by atoms with van der Waals surface area (Å²) in [4.78, 5) is 12.0. The Morgan fingerprint density at radius 2 is 2.00 bits per heavy atom. The average Bonchev–Trinajstić information content (AvgIpc) is 2.29. The smallest absolute Gasteiger partial charge is 0.200 e. The first-order chi connectivity index (χ1) is 7.15. The number of carbonyl (C=O) groups excluding carboxylic acids is 1. The second kappa shape index (κ2) is 5.71. The van der Waals surface area contributed by atoms with Gasteiger partial charge in [0.15, 0.2) is 5.12 Å². The van der Waals surface area contributed by atoms with Crippen molar-refractivity contribution in [2.24, 2.45) is 0 Å². The van der Waals surface area contributed by atoms with Gasteiger partial charge in [-0.15, -0.1) is 0 Å². The lowest BCUT2D eigenvalue weighted by atomic mass is 9.86. The van der Waals surface area contributed by atoms with Gasteiger partial charge in [-0.3, -0.25) is 4.79 Å². The largest absolute Gasteiger partial charge is 0.286 e. The molecule has 3 heteroatoms. The fraction of sp³-hybridized carbons (Fsp3) is 0.417. The highest BCUT2D eigenvalue weighted by molar-refractivity contribution is 9.09. The molecule has 15 heavy (non-hydrogen) atoms. The van der Waals surface area contributed by atoms with Crippen molar-refractivity contribution >= 4 is 32.8 Å². The molecular formula is C12H15BrOS. The minimum absolute atomic E-state index is 0.230. The number of hydrogen-bond donors (Lipinski definition) is 0. The Morgan fingerprint density at radius 1 is 1.40 bits per heavy atom. The van der Waals surface area contributed by atoms with Gasteiger partial charge in [-0.25, -0.2) is 0 Å². The van der Waals surface area contributed by atoms with E-state index in [0.29, 0.717) is 5.33 Å². The number of hydrogen-bond acceptors (Lipinski definition) is 2. The SMILES string of the molecule is CCSC(=O)C(C)(CBr)c1ccccc1. The predicted molar refractivity (Wildman–Crippen MR) is 70.7 cm³/mol. The Balaban J connectivity index is 3.00. The molecule has 0 aromatic heterocycles. The Labute approximate surface area is 104 Å². The molecule has 0 amide bonds. The van der Waals surface area contributed by atoms with Gasteiger partial charge in [-0.2, -0.15) is 0 Å². The van der Waals surface area contributed by atoms with E-state index in [1.54, 1.807) is 0 Å². The van der Waals surface area contributed by atoms with Gasteiger partial charge < -0.3 is 0 Å². The number of carbonyl (C=O) groups is 1. The van der Waals surface area contributed by atoms with Gasteiger partial charge in [0.25, 0.3) is 0 Å². The zero-order valence-electron chi connectivity index (χ0n) is 9.00. The van der Waals surface area contributed by atoms with Gasteiger partial charge in [0.2, 0.25) is 0 Å². The summed E-state index contributed by atoms with van der Waals surface area (Å²) in [5, 5.41) is 0.892. The first-order valence-corrected chi connectivity index (χ1v) is 7.04. The van der Waals surface area contributed by atoms with E-state index in [-0.39, 0.29) is 5.12 Å². The summed E-state index contributed by atoms with van der Waals surface area (Å²) < 4.78 is 0. The van der Waals surface area contributed by atoms with Crippen molar-refractivity contribution in [2.75, 3.05) is 11.1 Å². The van der Waals surface area contributed by atoms with Crippen LogP contribution in [0.25, 0.3) is 0 Å². The maximum Gasteiger partial charge on any atom is 0.200 e. The molecule has 1 aromatic carbocycles. The number of benzene rings is 1. The lowest BCUT2D eigenvalue weighted by Crippen LogP contribution is -2.32. The second-order valence-corrected chi connectivity index (χ2v) is 5.35. The second-order valence-electron chi connectivity index (χ2n) is 3.55. The van der Waals surface area contributed by atoms with Gasteiger partial charge in [0.1, 0.15) is 0 Å². The molecule has 1 aromatic rings. The van der Waals surface area contributed by atoms with Crippen LogP contribution in [0.5, 0.6) is 0 Å². The highest BCUT2D eigenvalue weighted by atomic mass is 79.9. The molecule has 0 bridgehead atoms. The van der Waals surface area contributed by atoms with E-state index in [1.165, 1.54) is 11.8 Å². The summed E-state index contributed by atoms with van der Waals surface area (Å²) in [5.74, 6) is 0.828. The zero-order valence-corrected chi connectivity index (χ0v) is 11.4. The van der Waals surface area contributed by atoms with E-state index in [4.69, 9.17) is 0 Å². The standard InChI is InChI=1S/C12H15BrOS/c1-3-15-11(14)12(2,9-13)10-7-5-4-6-8-10/h4-8H,3,9H2,1-2H3. The zero-order chi connectivity index (χ0) is 11.3. The molecule has 1 unspecified atom stereocenters. The minimum Gasteiger partial charge on any atom is -0.286 e. The summed E-state index contributed by atoms with van der Waals surface area (Å²) in [6, 6.07) is 9.93. The summed E-state index contributed by atoms with van der Waals surface area (Å²) in [6.45, 7) is 3.99. The van der Waals surface area contributed by atoms with Crippen LogP contribution in [0.15, 0.2) is 30.3 Å². The molecule has 0 spiro atoms. The van der Waals surface area contributed by atoms with Crippen molar-refractivity contribution in [3.8, 4) is 0 Å². The molecule has 0 saturated carbocycles. The highest BCUT2D eigenvalue weighted by Crippen LogP contribution is 2.31. The number of halogens is 1. The lowest BCUT2D eigenvalue weighted by Gasteiger charge is -2.25. The molecule has 1 atom stereocenters. The fourth-order valence-electron chi connectivity index (χ4n) is 1.35. The Morgan fingerprint density at radius 3 is 2.47 bits per heavy atom. The summed E-state index contributed by atoms with van der Waals surface area (Å²) in [6.07, 6.45) is 0. The summed E-state index contributed by atoms with van der Waals surface area (Å²) in [5.41, 5.74) is 0.662. The lowest BCUT2D eigenvalue weighted by molar-refractivity contribution is -0.114. The third kappa shape index (κ3) is 2.85. The monoisotopic (exact) mass is 286 g/mol. The summed E-state index contributed by atoms with van der Waals surface area (Å²) in [7, 11) is 0. The Kier molecular flexibility index (Phi) is 4.87. The molecule has 0 heterocycles. The Hall–Kier alpha value is -0.280. The van der Waals surface area contributed by atoms with E-state index in [9.17, 15) is 4.79 Å². The van der Waals surface area contributed by atoms with Crippen LogP contribution in [0.3, 0.4) is 0 Å². The molecule has 0 radical (unpaired) electrons. The van der Waals surface area contributed by atoms with Crippen molar-refractivity contribution in [1.82, 2.24) is 0 Å².